The number of fused-ring (bicyclic) bond motifs is 1. The summed E-state index contributed by atoms with van der Waals surface area (Å²) >= 11 is 0. The van der Waals surface area contributed by atoms with Crippen LogP contribution in [0.3, 0.4) is 0 Å². The van der Waals surface area contributed by atoms with Gasteiger partial charge in [-0.05, 0) is 38.5 Å². The van der Waals surface area contributed by atoms with Gasteiger partial charge in [-0.15, -0.1) is 0 Å². The minimum absolute atomic E-state index is 0.0811. The fourth-order valence-corrected chi connectivity index (χ4v) is 3.62. The molecule has 3 aromatic rings. The molecule has 0 saturated carbocycles. The number of imidazole rings is 2. The second-order valence-electron chi connectivity index (χ2n) is 6.64. The Bertz CT molecular complexity index is 923. The van der Waals surface area contributed by atoms with Crippen molar-refractivity contribution in [1.82, 2.24) is 24.4 Å². The first-order valence-electron chi connectivity index (χ1n) is 8.27. The molecule has 1 amide bonds. The predicted octanol–water partition coefficient (Wildman–Crippen LogP) is 2.54. The maximum Gasteiger partial charge on any atom is 0.253 e. The fraction of sp³-hybridized carbons (Fsp3) is 0.389. The molecule has 124 valence electrons. The van der Waals surface area contributed by atoms with E-state index in [1.807, 2.05) is 50.2 Å². The van der Waals surface area contributed by atoms with Crippen molar-refractivity contribution in [3.63, 3.8) is 0 Å². The Balaban J connectivity index is 1.55. The van der Waals surface area contributed by atoms with E-state index in [-0.39, 0.29) is 5.91 Å². The second kappa shape index (κ2) is 5.47. The van der Waals surface area contributed by atoms with Gasteiger partial charge >= 0.3 is 0 Å². The van der Waals surface area contributed by atoms with Crippen LogP contribution in [0.1, 0.15) is 40.0 Å². The molecule has 6 heteroatoms. The summed E-state index contributed by atoms with van der Waals surface area (Å²) in [6, 6.07) is 5.67. The highest BCUT2D eigenvalue weighted by Crippen LogP contribution is 2.27. The maximum absolute atomic E-state index is 12.8. The number of nitrogens with one attached hydrogen (secondary N) is 1. The van der Waals surface area contributed by atoms with E-state index in [0.717, 1.165) is 47.9 Å². The standard InChI is InChI=1S/C18H21N5O/c1-11-9-22(3)17(19-11)14-6-7-23(10-14)18(24)13-4-5-15-16(8-13)21-12(2)20-15/h4-5,8-9,14H,6-7,10H2,1-3H3,(H,20,21)/t14-/m0/s1. The number of amides is 1. The van der Waals surface area contributed by atoms with Crippen LogP contribution in [-0.4, -0.2) is 43.4 Å². The lowest BCUT2D eigenvalue weighted by atomic mass is 10.1. The Labute approximate surface area is 140 Å². The van der Waals surface area contributed by atoms with E-state index in [9.17, 15) is 4.79 Å². The summed E-state index contributed by atoms with van der Waals surface area (Å²) in [6.45, 7) is 5.42. The van der Waals surface area contributed by atoms with Gasteiger partial charge in [0.15, 0.2) is 0 Å². The molecule has 1 aromatic carbocycles. The van der Waals surface area contributed by atoms with Gasteiger partial charge in [0.25, 0.3) is 5.91 Å². The number of aromatic amines is 1. The minimum Gasteiger partial charge on any atom is -0.342 e. The van der Waals surface area contributed by atoms with Gasteiger partial charge in [-0.3, -0.25) is 4.79 Å². The SMILES string of the molecule is Cc1cn(C)c([C@H]2CCN(C(=O)c3ccc4nc(C)[nH]c4c3)C2)n1. The first-order chi connectivity index (χ1) is 11.5. The Morgan fingerprint density at radius 3 is 2.88 bits per heavy atom. The lowest BCUT2D eigenvalue weighted by Crippen LogP contribution is -2.28. The van der Waals surface area contributed by atoms with Gasteiger partial charge in [0.1, 0.15) is 11.6 Å². The van der Waals surface area contributed by atoms with Crippen molar-refractivity contribution in [1.29, 1.82) is 0 Å². The van der Waals surface area contributed by atoms with Crippen molar-refractivity contribution >= 4 is 16.9 Å². The van der Waals surface area contributed by atoms with Crippen LogP contribution in [0, 0.1) is 13.8 Å². The van der Waals surface area contributed by atoms with Crippen molar-refractivity contribution in [3.8, 4) is 0 Å². The van der Waals surface area contributed by atoms with Gasteiger partial charge in [-0.2, -0.15) is 0 Å². The van der Waals surface area contributed by atoms with Gasteiger partial charge in [0, 0.05) is 37.8 Å². The molecule has 0 spiro atoms. The molecule has 6 nitrogen and oxygen atoms in total. The molecule has 2 aromatic heterocycles. The van der Waals surface area contributed by atoms with Gasteiger partial charge in [-0.25, -0.2) is 9.97 Å². The van der Waals surface area contributed by atoms with Crippen LogP contribution in [0.4, 0.5) is 0 Å². The summed E-state index contributed by atoms with van der Waals surface area (Å²) in [6.07, 6.45) is 3.00. The van der Waals surface area contributed by atoms with Crippen molar-refractivity contribution in [3.05, 3.63) is 47.3 Å². The third-order valence-corrected chi connectivity index (χ3v) is 4.72. The monoisotopic (exact) mass is 323 g/mol. The van der Waals surface area contributed by atoms with E-state index >= 15 is 0 Å². The van der Waals surface area contributed by atoms with E-state index in [0.29, 0.717) is 11.5 Å². The van der Waals surface area contributed by atoms with Crippen LogP contribution >= 0.6 is 0 Å². The lowest BCUT2D eigenvalue weighted by Gasteiger charge is -2.16. The number of likely N-dealkylation sites (tertiary alicyclic amines) is 1. The van der Waals surface area contributed by atoms with Crippen molar-refractivity contribution < 1.29 is 4.79 Å². The Kier molecular flexibility index (Phi) is 3.40. The van der Waals surface area contributed by atoms with Crippen LogP contribution < -0.4 is 0 Å². The number of rotatable bonds is 2. The lowest BCUT2D eigenvalue weighted by molar-refractivity contribution is 0.0790. The molecule has 1 N–H and O–H groups in total. The molecule has 3 heterocycles. The molecule has 0 unspecified atom stereocenters. The van der Waals surface area contributed by atoms with Gasteiger partial charge in [-0.1, -0.05) is 0 Å². The Morgan fingerprint density at radius 2 is 2.12 bits per heavy atom. The van der Waals surface area contributed by atoms with Crippen molar-refractivity contribution in [2.45, 2.75) is 26.2 Å². The molecule has 4 rings (SSSR count). The summed E-state index contributed by atoms with van der Waals surface area (Å²) in [7, 11) is 2.02. The highest BCUT2D eigenvalue weighted by Gasteiger charge is 2.30. The molecular weight excluding hydrogens is 302 g/mol. The van der Waals surface area contributed by atoms with Gasteiger partial charge in [0.2, 0.25) is 0 Å². The van der Waals surface area contributed by atoms with E-state index in [2.05, 4.69) is 19.5 Å². The largest absolute Gasteiger partial charge is 0.342 e. The molecule has 0 radical (unpaired) electrons. The molecule has 1 fully saturated rings. The topological polar surface area (TPSA) is 66.8 Å². The van der Waals surface area contributed by atoms with Crippen LogP contribution in [-0.2, 0) is 7.05 Å². The number of carbonyl (C=O) groups excluding carboxylic acids is 1. The van der Waals surface area contributed by atoms with E-state index < -0.39 is 0 Å². The number of aryl methyl sites for hydroxylation is 3. The number of carbonyl (C=O) groups is 1. The van der Waals surface area contributed by atoms with Gasteiger partial charge in [0.05, 0.1) is 16.7 Å². The summed E-state index contributed by atoms with van der Waals surface area (Å²) in [4.78, 5) is 26.9. The first kappa shape index (κ1) is 14.9. The maximum atomic E-state index is 12.8. The Morgan fingerprint density at radius 1 is 1.29 bits per heavy atom. The number of hydrogen-bond acceptors (Lipinski definition) is 3. The number of H-pyrrole nitrogens is 1. The first-order valence-corrected chi connectivity index (χ1v) is 8.27. The summed E-state index contributed by atoms with van der Waals surface area (Å²) in [5.41, 5.74) is 3.54. The average Bonchev–Trinajstić information content (AvgIpc) is 3.23. The van der Waals surface area contributed by atoms with Crippen LogP contribution in [0.15, 0.2) is 24.4 Å². The highest BCUT2D eigenvalue weighted by atomic mass is 16.2. The molecule has 0 aliphatic carbocycles. The number of benzene rings is 1. The second-order valence-corrected chi connectivity index (χ2v) is 6.64. The third kappa shape index (κ3) is 2.48. The Hall–Kier alpha value is -2.63. The molecule has 0 bridgehead atoms. The zero-order valence-electron chi connectivity index (χ0n) is 14.2. The zero-order valence-corrected chi connectivity index (χ0v) is 14.2. The number of aromatic nitrogens is 4. The van der Waals surface area contributed by atoms with Crippen LogP contribution in [0.2, 0.25) is 0 Å². The van der Waals surface area contributed by atoms with E-state index in [1.54, 1.807) is 0 Å². The highest BCUT2D eigenvalue weighted by molar-refractivity contribution is 5.97. The normalized spacial score (nSPS) is 17.8. The van der Waals surface area contributed by atoms with Crippen molar-refractivity contribution in [2.75, 3.05) is 13.1 Å². The summed E-state index contributed by atoms with van der Waals surface area (Å²) < 4.78 is 2.08. The summed E-state index contributed by atoms with van der Waals surface area (Å²) in [5, 5.41) is 0. The fourth-order valence-electron chi connectivity index (χ4n) is 3.62. The molecular formula is C18H21N5O. The summed E-state index contributed by atoms with van der Waals surface area (Å²) in [5.74, 6) is 2.33. The third-order valence-electron chi connectivity index (χ3n) is 4.72. The van der Waals surface area contributed by atoms with Crippen LogP contribution in [0.5, 0.6) is 0 Å². The minimum atomic E-state index is 0.0811. The average molecular weight is 323 g/mol. The smallest absolute Gasteiger partial charge is 0.253 e. The molecule has 24 heavy (non-hydrogen) atoms. The molecule has 1 aliphatic rings. The predicted molar refractivity (Wildman–Crippen MR) is 92.0 cm³/mol. The van der Waals surface area contributed by atoms with Crippen LogP contribution in [0.25, 0.3) is 11.0 Å². The van der Waals surface area contributed by atoms with Gasteiger partial charge < -0.3 is 14.5 Å². The zero-order chi connectivity index (χ0) is 16.8. The molecule has 1 atom stereocenters. The van der Waals surface area contributed by atoms with Crippen molar-refractivity contribution in [2.24, 2.45) is 7.05 Å². The number of hydrogen-bond donors (Lipinski definition) is 1. The molecule has 1 saturated heterocycles. The van der Waals surface area contributed by atoms with E-state index in [1.165, 1.54) is 0 Å². The molecule has 1 aliphatic heterocycles. The number of nitrogens with zero attached hydrogens (tertiary/aromatic N) is 4. The van der Waals surface area contributed by atoms with E-state index in [4.69, 9.17) is 0 Å². The quantitative estimate of drug-likeness (QED) is 0.788.